The zero-order chi connectivity index (χ0) is 22.8. The molecule has 8 heteroatoms. The van der Waals surface area contributed by atoms with Crippen LogP contribution in [0.3, 0.4) is 0 Å². The quantitative estimate of drug-likeness (QED) is 0.657. The second-order valence-electron chi connectivity index (χ2n) is 8.69. The number of anilines is 2. The Morgan fingerprint density at radius 2 is 1.82 bits per heavy atom. The van der Waals surface area contributed by atoms with Crippen molar-refractivity contribution in [2.24, 2.45) is 7.05 Å². The molecule has 33 heavy (non-hydrogen) atoms. The highest BCUT2D eigenvalue weighted by molar-refractivity contribution is 5.91. The van der Waals surface area contributed by atoms with Gasteiger partial charge in [0.05, 0.1) is 24.6 Å². The minimum Gasteiger partial charge on any atom is -0.378 e. The number of aryl methyl sites for hydroxylation is 2. The molecule has 0 bridgehead atoms. The van der Waals surface area contributed by atoms with Gasteiger partial charge in [0.2, 0.25) is 0 Å². The Bertz CT molecular complexity index is 1150. The summed E-state index contributed by atoms with van der Waals surface area (Å²) in [5, 5.41) is 7.41. The van der Waals surface area contributed by atoms with Crippen LogP contribution >= 0.6 is 0 Å². The van der Waals surface area contributed by atoms with Crippen LogP contribution in [0.2, 0.25) is 0 Å². The maximum atomic E-state index is 12.6. The van der Waals surface area contributed by atoms with Crippen molar-refractivity contribution in [3.05, 3.63) is 48.2 Å². The molecule has 0 saturated carbocycles. The first-order valence-corrected chi connectivity index (χ1v) is 11.6. The van der Waals surface area contributed by atoms with Crippen molar-refractivity contribution in [1.29, 1.82) is 0 Å². The first-order chi connectivity index (χ1) is 16.1. The Morgan fingerprint density at radius 1 is 1.03 bits per heavy atom. The molecule has 2 fully saturated rings. The molecule has 0 radical (unpaired) electrons. The Kier molecular flexibility index (Phi) is 6.00. The molecule has 2 aliphatic rings. The number of rotatable bonds is 4. The summed E-state index contributed by atoms with van der Waals surface area (Å²) in [4.78, 5) is 21.7. The third kappa shape index (κ3) is 4.57. The minimum atomic E-state index is -0.0263. The van der Waals surface area contributed by atoms with E-state index in [1.54, 1.807) is 6.20 Å². The van der Waals surface area contributed by atoms with Gasteiger partial charge in [-0.15, -0.1) is 0 Å². The van der Waals surface area contributed by atoms with E-state index in [9.17, 15) is 4.79 Å². The van der Waals surface area contributed by atoms with Crippen LogP contribution in [0.4, 0.5) is 16.3 Å². The fourth-order valence-electron chi connectivity index (χ4n) is 4.52. The summed E-state index contributed by atoms with van der Waals surface area (Å²) in [5.74, 6) is 0.929. The highest BCUT2D eigenvalue weighted by Crippen LogP contribution is 2.33. The van der Waals surface area contributed by atoms with Crippen LogP contribution in [0.1, 0.15) is 18.4 Å². The molecule has 2 aromatic heterocycles. The van der Waals surface area contributed by atoms with E-state index >= 15 is 0 Å². The van der Waals surface area contributed by atoms with Gasteiger partial charge >= 0.3 is 6.03 Å². The lowest BCUT2D eigenvalue weighted by Crippen LogP contribution is -2.36. The van der Waals surface area contributed by atoms with Crippen molar-refractivity contribution < 1.29 is 9.53 Å². The topological polar surface area (TPSA) is 75.5 Å². The molecule has 172 valence electrons. The molecule has 1 N–H and O–H groups in total. The summed E-state index contributed by atoms with van der Waals surface area (Å²) in [7, 11) is 1.93. The average molecular weight is 447 g/mol. The van der Waals surface area contributed by atoms with Crippen LogP contribution in [-0.2, 0) is 11.8 Å². The smallest absolute Gasteiger partial charge is 0.321 e. The van der Waals surface area contributed by atoms with Gasteiger partial charge < -0.3 is 19.9 Å². The number of morpholine rings is 1. The Labute approximate surface area is 194 Å². The Balaban J connectivity index is 1.53. The van der Waals surface area contributed by atoms with Gasteiger partial charge in [-0.25, -0.2) is 9.78 Å². The highest BCUT2D eigenvalue weighted by Gasteiger charge is 2.20. The molecular weight excluding hydrogens is 416 g/mol. The van der Waals surface area contributed by atoms with Crippen LogP contribution in [0.25, 0.3) is 22.5 Å². The van der Waals surface area contributed by atoms with E-state index in [0.29, 0.717) is 13.2 Å². The summed E-state index contributed by atoms with van der Waals surface area (Å²) in [5.41, 5.74) is 5.93. The number of amides is 2. The summed E-state index contributed by atoms with van der Waals surface area (Å²) in [6.45, 7) is 6.77. The number of ether oxygens (including phenoxy) is 1. The van der Waals surface area contributed by atoms with Crippen LogP contribution in [0.15, 0.2) is 42.6 Å². The highest BCUT2D eigenvalue weighted by atomic mass is 16.5. The number of carbonyl (C=O) groups excluding carboxylic acids is 1. The Hall–Kier alpha value is -3.39. The number of pyridine rings is 1. The Morgan fingerprint density at radius 3 is 2.55 bits per heavy atom. The number of aromatic nitrogens is 3. The molecular formula is C25H30N6O2. The molecule has 0 aliphatic carbocycles. The van der Waals surface area contributed by atoms with Crippen molar-refractivity contribution in [3.63, 3.8) is 0 Å². The van der Waals surface area contributed by atoms with Crippen LogP contribution in [0.5, 0.6) is 0 Å². The molecule has 3 aromatic rings. The summed E-state index contributed by atoms with van der Waals surface area (Å²) < 4.78 is 7.39. The molecule has 0 unspecified atom stereocenters. The van der Waals surface area contributed by atoms with Crippen molar-refractivity contribution in [2.75, 3.05) is 49.6 Å². The summed E-state index contributed by atoms with van der Waals surface area (Å²) in [6.07, 6.45) is 3.94. The largest absolute Gasteiger partial charge is 0.378 e. The number of hydrogen-bond donors (Lipinski definition) is 1. The molecule has 0 atom stereocenters. The van der Waals surface area contributed by atoms with E-state index < -0.39 is 0 Å². The van der Waals surface area contributed by atoms with Gasteiger partial charge in [-0.3, -0.25) is 4.68 Å². The maximum absolute atomic E-state index is 12.6. The van der Waals surface area contributed by atoms with Gasteiger partial charge in [0.15, 0.2) is 0 Å². The SMILES string of the molecule is Cc1ccc(NC(=O)N2CCCC2)cc1-c1cc(-c2ccnn2C)nc(N2CCOCC2)c1. The van der Waals surface area contributed by atoms with Crippen molar-refractivity contribution >= 4 is 17.5 Å². The van der Waals surface area contributed by atoms with E-state index in [2.05, 4.69) is 46.5 Å². The van der Waals surface area contributed by atoms with E-state index in [-0.39, 0.29) is 6.03 Å². The lowest BCUT2D eigenvalue weighted by Gasteiger charge is -2.28. The monoisotopic (exact) mass is 446 g/mol. The number of hydrogen-bond acceptors (Lipinski definition) is 5. The zero-order valence-corrected chi connectivity index (χ0v) is 19.3. The molecule has 2 amide bonds. The summed E-state index contributed by atoms with van der Waals surface area (Å²) in [6, 6.07) is 12.3. The lowest BCUT2D eigenvalue weighted by atomic mass is 9.99. The minimum absolute atomic E-state index is 0.0263. The standard InChI is InChI=1S/C25H30N6O2/c1-18-5-6-20(27-25(32)31-9-3-4-10-31)17-21(18)19-15-22(23-7-8-26-29(23)2)28-24(16-19)30-11-13-33-14-12-30/h5-8,15-17H,3-4,9-14H2,1-2H3,(H,27,32). The zero-order valence-electron chi connectivity index (χ0n) is 19.3. The van der Waals surface area contributed by atoms with Gasteiger partial charge in [-0.2, -0.15) is 5.10 Å². The van der Waals surface area contributed by atoms with Crippen LogP contribution in [0, 0.1) is 6.92 Å². The molecule has 1 aromatic carbocycles. The first kappa shape index (κ1) is 21.5. The summed E-state index contributed by atoms with van der Waals surface area (Å²) >= 11 is 0. The van der Waals surface area contributed by atoms with Crippen molar-refractivity contribution in [1.82, 2.24) is 19.7 Å². The number of urea groups is 1. The van der Waals surface area contributed by atoms with E-state index in [1.165, 1.54) is 0 Å². The predicted molar refractivity (Wildman–Crippen MR) is 129 cm³/mol. The van der Waals surface area contributed by atoms with Crippen LogP contribution in [-0.4, -0.2) is 65.1 Å². The molecule has 4 heterocycles. The second kappa shape index (κ2) is 9.23. The van der Waals surface area contributed by atoms with Crippen molar-refractivity contribution in [3.8, 4) is 22.5 Å². The number of benzene rings is 1. The molecule has 5 rings (SSSR count). The van der Waals surface area contributed by atoms with Crippen molar-refractivity contribution in [2.45, 2.75) is 19.8 Å². The third-order valence-electron chi connectivity index (χ3n) is 6.42. The van der Waals surface area contributed by atoms with E-state index in [1.807, 2.05) is 28.8 Å². The predicted octanol–water partition coefficient (Wildman–Crippen LogP) is 3.92. The van der Waals surface area contributed by atoms with E-state index in [4.69, 9.17) is 9.72 Å². The van der Waals surface area contributed by atoms with Gasteiger partial charge in [-0.05, 0) is 66.8 Å². The number of likely N-dealkylation sites (tertiary alicyclic amines) is 1. The normalized spacial score (nSPS) is 16.3. The molecule has 0 spiro atoms. The molecule has 2 saturated heterocycles. The van der Waals surface area contributed by atoms with Gasteiger partial charge in [0.1, 0.15) is 5.82 Å². The van der Waals surface area contributed by atoms with Gasteiger partial charge in [0, 0.05) is 45.1 Å². The van der Waals surface area contributed by atoms with Gasteiger partial charge in [0.25, 0.3) is 0 Å². The third-order valence-corrected chi connectivity index (χ3v) is 6.42. The fourth-order valence-corrected chi connectivity index (χ4v) is 4.52. The number of nitrogens with one attached hydrogen (secondary N) is 1. The molecule has 8 nitrogen and oxygen atoms in total. The van der Waals surface area contributed by atoms with E-state index in [0.717, 1.165) is 78.6 Å². The number of carbonyl (C=O) groups is 1. The average Bonchev–Trinajstić information content (AvgIpc) is 3.53. The number of nitrogens with zero attached hydrogens (tertiary/aromatic N) is 5. The van der Waals surface area contributed by atoms with Gasteiger partial charge in [-0.1, -0.05) is 6.07 Å². The first-order valence-electron chi connectivity index (χ1n) is 11.6. The molecule has 2 aliphatic heterocycles. The second-order valence-corrected chi connectivity index (χ2v) is 8.69. The lowest BCUT2D eigenvalue weighted by molar-refractivity contribution is 0.122. The fraction of sp³-hybridized carbons (Fsp3) is 0.400. The maximum Gasteiger partial charge on any atom is 0.321 e. The van der Waals surface area contributed by atoms with Crippen LogP contribution < -0.4 is 10.2 Å².